The zero-order valence-corrected chi connectivity index (χ0v) is 5.81. The summed E-state index contributed by atoms with van der Waals surface area (Å²) in [6.07, 6.45) is 1.31. The molecule has 0 aliphatic carbocycles. The lowest BCUT2D eigenvalue weighted by Crippen LogP contribution is -2.00. The third-order valence-corrected chi connectivity index (χ3v) is 1.40. The second-order valence-corrected chi connectivity index (χ2v) is 2.25. The average Bonchev–Trinajstić information content (AvgIpc) is 1.83. The van der Waals surface area contributed by atoms with Crippen LogP contribution in [0.25, 0.3) is 0 Å². The molecule has 0 saturated carbocycles. The quantitative estimate of drug-likeness (QED) is 0.405. The summed E-state index contributed by atoms with van der Waals surface area (Å²) in [5.74, 6) is 0.0465. The highest BCUT2D eigenvalue weighted by molar-refractivity contribution is 6.35. The van der Waals surface area contributed by atoms with Crippen LogP contribution in [0.15, 0.2) is 12.7 Å². The highest BCUT2D eigenvalue weighted by Gasteiger charge is 1.94. The molecule has 0 amide bonds. The smallest absolute Gasteiger partial charge is 0.237 e. The first-order valence-electron chi connectivity index (χ1n) is 2.22. The van der Waals surface area contributed by atoms with Crippen LogP contribution in [0.1, 0.15) is 0 Å². The lowest BCUT2D eigenvalue weighted by molar-refractivity contribution is -0.112. The van der Waals surface area contributed by atoms with Gasteiger partial charge in [0.1, 0.15) is 0 Å². The van der Waals surface area contributed by atoms with Gasteiger partial charge in [-0.3, -0.25) is 4.79 Å². The third kappa shape index (κ3) is 3.77. The van der Waals surface area contributed by atoms with Gasteiger partial charge in [-0.15, -0.1) is 0 Å². The Morgan fingerprint density at radius 2 is 2.62 bits per heavy atom. The number of hydrogen-bond acceptors (Lipinski definition) is 2. The van der Waals surface area contributed by atoms with Crippen LogP contribution in [0.2, 0.25) is 6.04 Å². The van der Waals surface area contributed by atoms with Gasteiger partial charge in [0.25, 0.3) is 0 Å². The molecule has 0 aromatic heterocycles. The largest absolute Gasteiger partial charge is 0.420 e. The minimum Gasteiger partial charge on any atom is -0.420 e. The Labute approximate surface area is 51.5 Å². The summed E-state index contributed by atoms with van der Waals surface area (Å²) in [7, 11) is 1.86. The van der Waals surface area contributed by atoms with E-state index in [-0.39, 0.29) is 15.5 Å². The average molecular weight is 128 g/mol. The zero-order chi connectivity index (χ0) is 6.41. The van der Waals surface area contributed by atoms with Crippen molar-refractivity contribution in [3.63, 3.8) is 0 Å². The van der Waals surface area contributed by atoms with E-state index in [1.807, 2.05) is 0 Å². The molecule has 0 spiro atoms. The van der Waals surface area contributed by atoms with E-state index < -0.39 is 0 Å². The normalized spacial score (nSPS) is 8.62. The molecule has 0 bridgehead atoms. The van der Waals surface area contributed by atoms with Gasteiger partial charge in [0.05, 0.1) is 0 Å². The lowest BCUT2D eigenvalue weighted by atomic mass is 10.5. The molecule has 0 aliphatic heterocycles. The SMILES string of the molecule is C=CC(=O)C[Si]OC. The summed E-state index contributed by atoms with van der Waals surface area (Å²) in [6, 6.07) is 0.472. The Morgan fingerprint density at radius 1 is 2.00 bits per heavy atom. The van der Waals surface area contributed by atoms with Crippen molar-refractivity contribution in [3.05, 3.63) is 12.7 Å². The number of carbonyl (C=O) groups excluding carboxylic acids is 1. The Morgan fingerprint density at radius 3 is 3.00 bits per heavy atom. The van der Waals surface area contributed by atoms with Crippen molar-refractivity contribution in [1.29, 1.82) is 0 Å². The maximum Gasteiger partial charge on any atom is 0.237 e. The summed E-state index contributed by atoms with van der Waals surface area (Å²) >= 11 is 0. The molecule has 0 unspecified atom stereocenters. The molecule has 0 saturated heterocycles. The second-order valence-electron chi connectivity index (χ2n) is 1.20. The van der Waals surface area contributed by atoms with Gasteiger partial charge >= 0.3 is 0 Å². The molecule has 0 N–H and O–H groups in total. The highest BCUT2D eigenvalue weighted by Crippen LogP contribution is 1.81. The van der Waals surface area contributed by atoms with E-state index >= 15 is 0 Å². The number of carbonyl (C=O) groups is 1. The summed E-state index contributed by atoms with van der Waals surface area (Å²) in [5, 5.41) is 0. The van der Waals surface area contributed by atoms with Gasteiger partial charge in [0, 0.05) is 13.2 Å². The molecule has 0 atom stereocenters. The first kappa shape index (κ1) is 7.59. The number of ketones is 1. The van der Waals surface area contributed by atoms with Crippen LogP contribution in [0.4, 0.5) is 0 Å². The van der Waals surface area contributed by atoms with Crippen LogP contribution in [-0.4, -0.2) is 22.7 Å². The summed E-state index contributed by atoms with van der Waals surface area (Å²) in [4.78, 5) is 10.4. The first-order valence-corrected chi connectivity index (χ1v) is 3.34. The van der Waals surface area contributed by atoms with E-state index in [0.717, 1.165) is 0 Å². The fourth-order valence-electron chi connectivity index (χ4n) is 0.215. The van der Waals surface area contributed by atoms with Crippen molar-refractivity contribution in [1.82, 2.24) is 0 Å². The molecule has 8 heavy (non-hydrogen) atoms. The van der Waals surface area contributed by atoms with Gasteiger partial charge in [-0.1, -0.05) is 6.58 Å². The van der Waals surface area contributed by atoms with Gasteiger partial charge in [-0.25, -0.2) is 0 Å². The van der Waals surface area contributed by atoms with E-state index in [9.17, 15) is 4.79 Å². The maximum absolute atomic E-state index is 10.4. The van der Waals surface area contributed by atoms with E-state index in [1.54, 1.807) is 7.11 Å². The molecule has 0 aromatic carbocycles. The molecule has 0 heterocycles. The van der Waals surface area contributed by atoms with E-state index in [0.29, 0.717) is 6.04 Å². The van der Waals surface area contributed by atoms with Gasteiger partial charge in [-0.05, 0) is 6.08 Å². The third-order valence-electron chi connectivity index (χ3n) is 0.618. The highest BCUT2D eigenvalue weighted by atomic mass is 28.2. The molecule has 44 valence electrons. The van der Waals surface area contributed by atoms with Crippen molar-refractivity contribution < 1.29 is 9.22 Å². The number of allylic oxidation sites excluding steroid dienone is 1. The summed E-state index contributed by atoms with van der Waals surface area (Å²) in [6.45, 7) is 3.31. The van der Waals surface area contributed by atoms with Crippen molar-refractivity contribution in [2.75, 3.05) is 7.11 Å². The topological polar surface area (TPSA) is 26.3 Å². The van der Waals surface area contributed by atoms with Crippen molar-refractivity contribution >= 4 is 15.5 Å². The lowest BCUT2D eigenvalue weighted by Gasteiger charge is -1.87. The van der Waals surface area contributed by atoms with Gasteiger partial charge in [-0.2, -0.15) is 0 Å². The van der Waals surface area contributed by atoms with Crippen LogP contribution < -0.4 is 0 Å². The van der Waals surface area contributed by atoms with Crippen LogP contribution in [0, 0.1) is 0 Å². The van der Waals surface area contributed by atoms with Gasteiger partial charge in [0.15, 0.2) is 5.78 Å². The fourth-order valence-corrected chi connectivity index (χ4v) is 0.646. The van der Waals surface area contributed by atoms with Crippen molar-refractivity contribution in [2.45, 2.75) is 6.04 Å². The Hall–Kier alpha value is -0.413. The van der Waals surface area contributed by atoms with Crippen LogP contribution in [0.3, 0.4) is 0 Å². The molecule has 0 aliphatic rings. The van der Waals surface area contributed by atoms with E-state index in [1.165, 1.54) is 6.08 Å². The van der Waals surface area contributed by atoms with Crippen LogP contribution >= 0.6 is 0 Å². The fraction of sp³-hybridized carbons (Fsp3) is 0.400. The summed E-state index contributed by atoms with van der Waals surface area (Å²) in [5.41, 5.74) is 0. The molecule has 0 fully saturated rings. The predicted octanol–water partition coefficient (Wildman–Crippen LogP) is 0.425. The molecular formula is C5H8O2Si. The van der Waals surface area contributed by atoms with Crippen molar-refractivity contribution in [3.8, 4) is 0 Å². The standard InChI is InChI=1S/C5H8O2Si/c1-3-5(6)4-8-7-2/h3H,1,4H2,2H3. The molecule has 0 rings (SSSR count). The molecule has 0 aromatic rings. The maximum atomic E-state index is 10.4. The minimum absolute atomic E-state index is 0.0465. The second kappa shape index (κ2) is 4.74. The van der Waals surface area contributed by atoms with Crippen LogP contribution in [0.5, 0.6) is 0 Å². The molecule has 2 nitrogen and oxygen atoms in total. The van der Waals surface area contributed by atoms with E-state index in [4.69, 9.17) is 0 Å². The Kier molecular flexibility index (Phi) is 4.49. The number of hydrogen-bond donors (Lipinski definition) is 0. The Bertz CT molecular complexity index is 90.4. The van der Waals surface area contributed by atoms with Crippen molar-refractivity contribution in [2.24, 2.45) is 0 Å². The van der Waals surface area contributed by atoms with Gasteiger partial charge < -0.3 is 4.43 Å². The van der Waals surface area contributed by atoms with Gasteiger partial charge in [0.2, 0.25) is 9.76 Å². The molecule has 2 radical (unpaired) electrons. The van der Waals surface area contributed by atoms with E-state index in [2.05, 4.69) is 11.0 Å². The first-order chi connectivity index (χ1) is 3.81. The molecule has 3 heteroatoms. The summed E-state index contributed by atoms with van der Waals surface area (Å²) < 4.78 is 4.67. The zero-order valence-electron chi connectivity index (χ0n) is 4.81. The minimum atomic E-state index is 0.0465. The Balaban J connectivity index is 3.11. The monoisotopic (exact) mass is 128 g/mol. The number of rotatable bonds is 4. The predicted molar refractivity (Wildman–Crippen MR) is 32.8 cm³/mol. The van der Waals surface area contributed by atoms with Crippen LogP contribution in [-0.2, 0) is 9.22 Å². The molecular weight excluding hydrogens is 120 g/mol.